The number of aromatic nitrogens is 1. The van der Waals surface area contributed by atoms with Crippen LogP contribution in [0.15, 0.2) is 35.2 Å². The fraction of sp³-hybridized carbons (Fsp3) is 0.188. The van der Waals surface area contributed by atoms with Crippen LogP contribution in [0.5, 0.6) is 0 Å². The molecule has 3 nitrogen and oxygen atoms in total. The lowest BCUT2D eigenvalue weighted by Gasteiger charge is -2.18. The monoisotopic (exact) mass is 348 g/mol. The molecule has 112 valence electrons. The highest BCUT2D eigenvalue weighted by molar-refractivity contribution is 8.26. The Labute approximate surface area is 143 Å². The first-order chi connectivity index (χ1) is 10.5. The van der Waals surface area contributed by atoms with E-state index in [0.29, 0.717) is 19.9 Å². The van der Waals surface area contributed by atoms with E-state index >= 15 is 0 Å². The predicted molar refractivity (Wildman–Crippen MR) is 96.9 cm³/mol. The molecule has 0 radical (unpaired) electrons. The van der Waals surface area contributed by atoms with Crippen molar-refractivity contribution in [1.29, 1.82) is 0 Å². The average molecular weight is 349 g/mol. The van der Waals surface area contributed by atoms with Crippen molar-refractivity contribution in [2.75, 3.05) is 0 Å². The maximum absolute atomic E-state index is 12.4. The third-order valence-electron chi connectivity index (χ3n) is 3.30. The number of amides is 1. The highest BCUT2D eigenvalue weighted by Crippen LogP contribution is 2.34. The number of hydrogen-bond acceptors (Lipinski definition) is 4. The topological polar surface area (TPSA) is 33.2 Å². The minimum absolute atomic E-state index is 0.0477. The van der Waals surface area contributed by atoms with Crippen molar-refractivity contribution in [3.63, 3.8) is 0 Å². The first-order valence-electron chi connectivity index (χ1n) is 6.79. The van der Waals surface area contributed by atoms with Crippen LogP contribution in [0.2, 0.25) is 5.02 Å². The van der Waals surface area contributed by atoms with E-state index in [1.165, 1.54) is 11.8 Å². The molecule has 0 N–H and O–H groups in total. The Morgan fingerprint density at radius 2 is 2.09 bits per heavy atom. The van der Waals surface area contributed by atoms with Gasteiger partial charge in [0, 0.05) is 11.4 Å². The van der Waals surface area contributed by atoms with Crippen LogP contribution in [0, 0.1) is 0 Å². The molecule has 1 saturated heterocycles. The van der Waals surface area contributed by atoms with Crippen LogP contribution in [0.25, 0.3) is 17.0 Å². The number of rotatable bonds is 2. The number of halogens is 1. The number of fused-ring (bicyclic) bond motifs is 1. The van der Waals surface area contributed by atoms with E-state index in [1.807, 2.05) is 38.1 Å². The van der Waals surface area contributed by atoms with Crippen molar-refractivity contribution < 1.29 is 4.79 Å². The lowest BCUT2D eigenvalue weighted by Crippen LogP contribution is -2.34. The standard InChI is InChI=1S/C16H13ClN2OS2/c1-9(2)19-15(20)14(22-16(19)21)8-10-7-12(17)11-5-3-4-6-13(11)18-10/h3-9H,1-2H3. The molecule has 0 spiro atoms. The summed E-state index contributed by atoms with van der Waals surface area (Å²) in [7, 11) is 0. The first-order valence-corrected chi connectivity index (χ1v) is 8.40. The van der Waals surface area contributed by atoms with Gasteiger partial charge in [-0.2, -0.15) is 0 Å². The second-order valence-electron chi connectivity index (χ2n) is 5.19. The smallest absolute Gasteiger partial charge is 0.266 e. The second-order valence-corrected chi connectivity index (χ2v) is 7.27. The number of benzene rings is 1. The molecule has 0 aliphatic carbocycles. The number of carbonyl (C=O) groups is 1. The molecule has 6 heteroatoms. The molecular weight excluding hydrogens is 336 g/mol. The van der Waals surface area contributed by atoms with Crippen LogP contribution in [0.3, 0.4) is 0 Å². The molecule has 0 saturated carbocycles. The normalized spacial score (nSPS) is 17.3. The second kappa shape index (κ2) is 5.99. The summed E-state index contributed by atoms with van der Waals surface area (Å²) >= 11 is 12.9. The summed E-state index contributed by atoms with van der Waals surface area (Å²) in [5.74, 6) is -0.0731. The van der Waals surface area contributed by atoms with Crippen LogP contribution >= 0.6 is 35.6 Å². The van der Waals surface area contributed by atoms with E-state index in [1.54, 1.807) is 17.0 Å². The van der Waals surface area contributed by atoms with Crippen molar-refractivity contribution in [2.24, 2.45) is 0 Å². The number of pyridine rings is 1. The quantitative estimate of drug-likeness (QED) is 0.591. The Hall–Kier alpha value is -1.43. The van der Waals surface area contributed by atoms with Gasteiger partial charge >= 0.3 is 0 Å². The average Bonchev–Trinajstić information content (AvgIpc) is 2.73. The Bertz CT molecular complexity index is 817. The molecule has 0 atom stereocenters. The molecule has 2 aromatic rings. The Kier molecular flexibility index (Phi) is 4.21. The third kappa shape index (κ3) is 2.76. The zero-order chi connectivity index (χ0) is 15.9. The summed E-state index contributed by atoms with van der Waals surface area (Å²) in [6.45, 7) is 3.89. The SMILES string of the molecule is CC(C)N1C(=O)C(=Cc2cc(Cl)c3ccccc3n2)SC1=S. The van der Waals surface area contributed by atoms with E-state index in [-0.39, 0.29) is 11.9 Å². The van der Waals surface area contributed by atoms with Crippen molar-refractivity contribution >= 4 is 62.8 Å². The lowest BCUT2D eigenvalue weighted by atomic mass is 10.2. The van der Waals surface area contributed by atoms with Crippen LogP contribution in [0.4, 0.5) is 0 Å². The van der Waals surface area contributed by atoms with Gasteiger partial charge in [0.2, 0.25) is 0 Å². The number of nitrogens with zero attached hydrogens (tertiary/aromatic N) is 2. The van der Waals surface area contributed by atoms with Gasteiger partial charge in [-0.1, -0.05) is 53.8 Å². The molecule has 0 bridgehead atoms. The minimum Gasteiger partial charge on any atom is -0.290 e. The highest BCUT2D eigenvalue weighted by atomic mass is 35.5. The van der Waals surface area contributed by atoms with E-state index in [9.17, 15) is 4.79 Å². The van der Waals surface area contributed by atoms with Gasteiger partial charge in [-0.05, 0) is 32.1 Å². The Morgan fingerprint density at radius 3 is 2.77 bits per heavy atom. The van der Waals surface area contributed by atoms with Crippen molar-refractivity contribution in [3.05, 3.63) is 46.0 Å². The van der Waals surface area contributed by atoms with Gasteiger partial charge in [-0.3, -0.25) is 9.69 Å². The maximum atomic E-state index is 12.4. The summed E-state index contributed by atoms with van der Waals surface area (Å²) in [6, 6.07) is 9.47. The summed E-state index contributed by atoms with van der Waals surface area (Å²) < 4.78 is 0.582. The molecule has 1 fully saturated rings. The van der Waals surface area contributed by atoms with Gasteiger partial charge in [0.1, 0.15) is 4.32 Å². The van der Waals surface area contributed by atoms with E-state index < -0.39 is 0 Å². The molecule has 3 rings (SSSR count). The molecule has 0 unspecified atom stereocenters. The number of thioether (sulfide) groups is 1. The Balaban J connectivity index is 2.03. The fourth-order valence-electron chi connectivity index (χ4n) is 2.29. The molecule has 1 aliphatic heterocycles. The molecular formula is C16H13ClN2OS2. The van der Waals surface area contributed by atoms with Crippen molar-refractivity contribution in [2.45, 2.75) is 19.9 Å². The largest absolute Gasteiger partial charge is 0.290 e. The van der Waals surface area contributed by atoms with Gasteiger partial charge in [0.25, 0.3) is 5.91 Å². The fourth-order valence-corrected chi connectivity index (χ4v) is 4.07. The summed E-state index contributed by atoms with van der Waals surface area (Å²) in [5, 5.41) is 1.52. The predicted octanol–water partition coefficient (Wildman–Crippen LogP) is 4.50. The Morgan fingerprint density at radius 1 is 1.36 bits per heavy atom. The van der Waals surface area contributed by atoms with E-state index in [0.717, 1.165) is 10.9 Å². The minimum atomic E-state index is -0.0731. The van der Waals surface area contributed by atoms with Crippen molar-refractivity contribution in [3.8, 4) is 0 Å². The van der Waals surface area contributed by atoms with E-state index in [2.05, 4.69) is 4.98 Å². The van der Waals surface area contributed by atoms with Crippen LogP contribution in [0.1, 0.15) is 19.5 Å². The highest BCUT2D eigenvalue weighted by Gasteiger charge is 2.33. The number of hydrogen-bond donors (Lipinski definition) is 0. The number of para-hydroxylation sites is 1. The van der Waals surface area contributed by atoms with Crippen LogP contribution in [-0.4, -0.2) is 26.2 Å². The summed E-state index contributed by atoms with van der Waals surface area (Å²) in [5.41, 5.74) is 1.47. The zero-order valence-corrected chi connectivity index (χ0v) is 14.4. The summed E-state index contributed by atoms with van der Waals surface area (Å²) in [4.78, 5) is 19.1. The van der Waals surface area contributed by atoms with Crippen LogP contribution in [-0.2, 0) is 4.79 Å². The molecule has 1 aromatic heterocycles. The van der Waals surface area contributed by atoms with Gasteiger partial charge < -0.3 is 0 Å². The summed E-state index contributed by atoms with van der Waals surface area (Å²) in [6.07, 6.45) is 1.75. The molecule has 1 aliphatic rings. The van der Waals surface area contributed by atoms with Crippen LogP contribution < -0.4 is 0 Å². The molecule has 1 amide bonds. The van der Waals surface area contributed by atoms with Gasteiger partial charge in [0.15, 0.2) is 0 Å². The molecule has 1 aromatic carbocycles. The van der Waals surface area contributed by atoms with Gasteiger partial charge in [-0.25, -0.2) is 4.98 Å². The molecule has 2 heterocycles. The molecule has 22 heavy (non-hydrogen) atoms. The maximum Gasteiger partial charge on any atom is 0.266 e. The number of thiocarbonyl (C=S) groups is 1. The lowest BCUT2D eigenvalue weighted by molar-refractivity contribution is -0.123. The van der Waals surface area contributed by atoms with Gasteiger partial charge in [0.05, 0.1) is 21.1 Å². The zero-order valence-electron chi connectivity index (χ0n) is 12.0. The van der Waals surface area contributed by atoms with E-state index in [4.69, 9.17) is 23.8 Å². The third-order valence-corrected chi connectivity index (χ3v) is 4.95. The first kappa shape index (κ1) is 15.5. The number of carbonyl (C=O) groups excluding carboxylic acids is 1. The van der Waals surface area contributed by atoms with Gasteiger partial charge in [-0.15, -0.1) is 0 Å². The van der Waals surface area contributed by atoms with Crippen molar-refractivity contribution in [1.82, 2.24) is 9.88 Å².